The fraction of sp³-hybridized carbons (Fsp3) is 0.438. The van der Waals surface area contributed by atoms with Crippen LogP contribution >= 0.6 is 0 Å². The Bertz CT molecular complexity index is 585. The molecular weight excluding hydrogens is 236 g/mol. The molecule has 3 nitrogen and oxygen atoms in total. The van der Waals surface area contributed by atoms with Crippen molar-refractivity contribution in [2.75, 3.05) is 12.3 Å². The zero-order chi connectivity index (χ0) is 14.0. The summed E-state index contributed by atoms with van der Waals surface area (Å²) in [5.41, 5.74) is 8.74. The van der Waals surface area contributed by atoms with Crippen LogP contribution in [0.5, 0.6) is 5.75 Å². The molecule has 0 radical (unpaired) electrons. The number of para-hydroxylation sites is 1. The standard InChI is InChI=1S/C16H22N2O/c1-5-9-19-13-8-6-7-11-12(17)10-14(16(2,3)4)18-15(11)13/h6-8,10H,5,9H2,1-4H3,(H2,17,18). The Labute approximate surface area is 114 Å². The Kier molecular flexibility index (Phi) is 3.65. The van der Waals surface area contributed by atoms with Gasteiger partial charge in [0.15, 0.2) is 0 Å². The maximum atomic E-state index is 6.16. The number of nitrogens with zero attached hydrogens (tertiary/aromatic N) is 1. The summed E-state index contributed by atoms with van der Waals surface area (Å²) in [6.45, 7) is 9.19. The predicted molar refractivity (Wildman–Crippen MR) is 80.6 cm³/mol. The molecule has 0 atom stereocenters. The number of anilines is 1. The number of pyridine rings is 1. The number of fused-ring (bicyclic) bond motifs is 1. The quantitative estimate of drug-likeness (QED) is 0.908. The summed E-state index contributed by atoms with van der Waals surface area (Å²) < 4.78 is 5.77. The van der Waals surface area contributed by atoms with Crippen molar-refractivity contribution in [1.82, 2.24) is 4.98 Å². The number of hydrogen-bond acceptors (Lipinski definition) is 3. The monoisotopic (exact) mass is 258 g/mol. The molecule has 102 valence electrons. The van der Waals surface area contributed by atoms with Crippen molar-refractivity contribution in [1.29, 1.82) is 0 Å². The summed E-state index contributed by atoms with van der Waals surface area (Å²) in [4.78, 5) is 4.76. The Morgan fingerprint density at radius 3 is 2.63 bits per heavy atom. The summed E-state index contributed by atoms with van der Waals surface area (Å²) in [7, 11) is 0. The minimum atomic E-state index is -0.0276. The molecule has 0 unspecified atom stereocenters. The van der Waals surface area contributed by atoms with Crippen LogP contribution < -0.4 is 10.5 Å². The molecule has 1 heterocycles. The zero-order valence-electron chi connectivity index (χ0n) is 12.2. The van der Waals surface area contributed by atoms with Gasteiger partial charge in [0.1, 0.15) is 11.3 Å². The van der Waals surface area contributed by atoms with E-state index >= 15 is 0 Å². The summed E-state index contributed by atoms with van der Waals surface area (Å²) in [6, 6.07) is 7.87. The second-order valence-corrected chi connectivity index (χ2v) is 5.85. The van der Waals surface area contributed by atoms with Gasteiger partial charge in [0, 0.05) is 22.2 Å². The smallest absolute Gasteiger partial charge is 0.145 e. The van der Waals surface area contributed by atoms with E-state index in [1.54, 1.807) is 0 Å². The molecule has 0 aliphatic carbocycles. The van der Waals surface area contributed by atoms with E-state index in [1.807, 2.05) is 24.3 Å². The minimum Gasteiger partial charge on any atom is -0.491 e. The van der Waals surface area contributed by atoms with Gasteiger partial charge in [-0.3, -0.25) is 0 Å². The third kappa shape index (κ3) is 2.80. The van der Waals surface area contributed by atoms with Gasteiger partial charge in [-0.15, -0.1) is 0 Å². The van der Waals surface area contributed by atoms with E-state index in [1.165, 1.54) is 0 Å². The van der Waals surface area contributed by atoms with Gasteiger partial charge in [-0.2, -0.15) is 0 Å². The van der Waals surface area contributed by atoms with E-state index in [2.05, 4.69) is 27.7 Å². The van der Waals surface area contributed by atoms with Crippen LogP contribution in [0.3, 0.4) is 0 Å². The summed E-state index contributed by atoms with van der Waals surface area (Å²) in [5, 5.41) is 0.960. The Morgan fingerprint density at radius 1 is 1.26 bits per heavy atom. The molecule has 0 saturated heterocycles. The van der Waals surface area contributed by atoms with E-state index < -0.39 is 0 Å². The largest absolute Gasteiger partial charge is 0.491 e. The van der Waals surface area contributed by atoms with Crippen LogP contribution in [0.25, 0.3) is 10.9 Å². The van der Waals surface area contributed by atoms with Crippen molar-refractivity contribution in [3.63, 3.8) is 0 Å². The van der Waals surface area contributed by atoms with Gasteiger partial charge < -0.3 is 10.5 Å². The van der Waals surface area contributed by atoms with Crippen LogP contribution in [-0.2, 0) is 5.41 Å². The van der Waals surface area contributed by atoms with Crippen LogP contribution in [-0.4, -0.2) is 11.6 Å². The molecule has 0 amide bonds. The summed E-state index contributed by atoms with van der Waals surface area (Å²) in [6.07, 6.45) is 0.977. The van der Waals surface area contributed by atoms with Crippen LogP contribution in [0.1, 0.15) is 39.8 Å². The average molecular weight is 258 g/mol. The first-order valence-electron chi connectivity index (χ1n) is 6.76. The van der Waals surface area contributed by atoms with Gasteiger partial charge in [-0.25, -0.2) is 4.98 Å². The fourth-order valence-corrected chi connectivity index (χ4v) is 1.96. The Morgan fingerprint density at radius 2 is 2.00 bits per heavy atom. The van der Waals surface area contributed by atoms with Crippen LogP contribution in [0, 0.1) is 0 Å². The Balaban J connectivity index is 2.62. The molecule has 3 heteroatoms. The molecule has 2 N–H and O–H groups in total. The number of nitrogens with two attached hydrogens (primary N) is 1. The van der Waals surface area contributed by atoms with Crippen molar-refractivity contribution in [2.45, 2.75) is 39.5 Å². The van der Waals surface area contributed by atoms with E-state index in [9.17, 15) is 0 Å². The lowest BCUT2D eigenvalue weighted by Gasteiger charge is -2.20. The maximum Gasteiger partial charge on any atom is 0.145 e. The van der Waals surface area contributed by atoms with Crippen LogP contribution in [0.15, 0.2) is 24.3 Å². The van der Waals surface area contributed by atoms with Crippen LogP contribution in [0.4, 0.5) is 5.69 Å². The lowest BCUT2D eigenvalue weighted by atomic mass is 9.91. The number of hydrogen-bond donors (Lipinski definition) is 1. The number of aromatic nitrogens is 1. The molecule has 1 aromatic heterocycles. The molecule has 0 bridgehead atoms. The molecule has 0 spiro atoms. The van der Waals surface area contributed by atoms with Crippen molar-refractivity contribution >= 4 is 16.6 Å². The van der Waals surface area contributed by atoms with Gasteiger partial charge in [-0.05, 0) is 18.6 Å². The average Bonchev–Trinajstić information content (AvgIpc) is 2.35. The highest BCUT2D eigenvalue weighted by Gasteiger charge is 2.18. The third-order valence-electron chi connectivity index (χ3n) is 3.06. The second-order valence-electron chi connectivity index (χ2n) is 5.85. The van der Waals surface area contributed by atoms with Gasteiger partial charge in [0.05, 0.1) is 6.61 Å². The fourth-order valence-electron chi connectivity index (χ4n) is 1.96. The zero-order valence-corrected chi connectivity index (χ0v) is 12.2. The lowest BCUT2D eigenvalue weighted by Crippen LogP contribution is -2.14. The predicted octanol–water partition coefficient (Wildman–Crippen LogP) is 3.90. The minimum absolute atomic E-state index is 0.0276. The molecular formula is C16H22N2O. The third-order valence-corrected chi connectivity index (χ3v) is 3.06. The van der Waals surface area contributed by atoms with E-state index in [0.717, 1.165) is 34.5 Å². The Hall–Kier alpha value is -1.77. The molecule has 2 aromatic rings. The molecule has 19 heavy (non-hydrogen) atoms. The van der Waals surface area contributed by atoms with Crippen molar-refractivity contribution in [2.24, 2.45) is 0 Å². The first kappa shape index (κ1) is 13.7. The number of rotatable bonds is 3. The van der Waals surface area contributed by atoms with Gasteiger partial charge in [-0.1, -0.05) is 39.8 Å². The highest BCUT2D eigenvalue weighted by Crippen LogP contribution is 2.32. The first-order valence-corrected chi connectivity index (χ1v) is 6.76. The van der Waals surface area contributed by atoms with Crippen molar-refractivity contribution in [3.05, 3.63) is 30.0 Å². The van der Waals surface area contributed by atoms with Crippen molar-refractivity contribution in [3.8, 4) is 5.75 Å². The molecule has 0 aliphatic rings. The van der Waals surface area contributed by atoms with E-state index in [0.29, 0.717) is 6.61 Å². The van der Waals surface area contributed by atoms with E-state index in [-0.39, 0.29) is 5.41 Å². The van der Waals surface area contributed by atoms with Crippen molar-refractivity contribution < 1.29 is 4.74 Å². The first-order chi connectivity index (χ1) is 8.93. The number of nitrogen functional groups attached to an aromatic ring is 1. The summed E-state index contributed by atoms with van der Waals surface area (Å²) >= 11 is 0. The highest BCUT2D eigenvalue weighted by atomic mass is 16.5. The number of ether oxygens (including phenoxy) is 1. The van der Waals surface area contributed by atoms with Gasteiger partial charge in [0.25, 0.3) is 0 Å². The van der Waals surface area contributed by atoms with Gasteiger partial charge in [0.2, 0.25) is 0 Å². The molecule has 2 rings (SSSR count). The molecule has 0 saturated carbocycles. The topological polar surface area (TPSA) is 48.1 Å². The highest BCUT2D eigenvalue weighted by molar-refractivity contribution is 5.94. The summed E-state index contributed by atoms with van der Waals surface area (Å²) in [5.74, 6) is 0.817. The second kappa shape index (κ2) is 5.08. The molecule has 1 aromatic carbocycles. The molecule has 0 aliphatic heterocycles. The lowest BCUT2D eigenvalue weighted by molar-refractivity contribution is 0.320. The maximum absolute atomic E-state index is 6.16. The number of benzene rings is 1. The van der Waals surface area contributed by atoms with Gasteiger partial charge >= 0.3 is 0 Å². The van der Waals surface area contributed by atoms with E-state index in [4.69, 9.17) is 15.5 Å². The normalized spacial score (nSPS) is 11.8. The molecule has 0 fully saturated rings. The SMILES string of the molecule is CCCOc1cccc2c(N)cc(C(C)(C)C)nc12. The van der Waals surface area contributed by atoms with Crippen LogP contribution in [0.2, 0.25) is 0 Å².